The van der Waals surface area contributed by atoms with Crippen LogP contribution in [0.2, 0.25) is 0 Å². The number of carbonyl (C=O) groups excluding carboxylic acids is 1. The van der Waals surface area contributed by atoms with Gasteiger partial charge in [0, 0.05) is 32.8 Å². The van der Waals surface area contributed by atoms with E-state index in [1.807, 2.05) is 13.0 Å². The zero-order valence-corrected chi connectivity index (χ0v) is 20.4. The van der Waals surface area contributed by atoms with Crippen molar-refractivity contribution >= 4 is 25.8 Å². The van der Waals surface area contributed by atoms with Crippen molar-refractivity contribution in [3.8, 4) is 5.75 Å². The number of hydrogen-bond donors (Lipinski definition) is 1. The first-order chi connectivity index (χ1) is 14.9. The number of rotatable bonds is 11. The number of aryl methyl sites for hydroxylation is 2. The zero-order valence-electron chi connectivity index (χ0n) is 18.8. The predicted octanol–water partition coefficient (Wildman–Crippen LogP) is 2.30. The number of nitrogens with one attached hydrogen (secondary N) is 1. The maximum atomic E-state index is 12.5. The van der Waals surface area contributed by atoms with Crippen molar-refractivity contribution < 1.29 is 26.4 Å². The van der Waals surface area contributed by atoms with Gasteiger partial charge in [-0.1, -0.05) is 18.2 Å². The first kappa shape index (κ1) is 25.8. The maximum Gasteiger partial charge on any atom is 0.240 e. The fourth-order valence-electron chi connectivity index (χ4n) is 2.97. The van der Waals surface area contributed by atoms with Crippen molar-refractivity contribution in [2.24, 2.45) is 0 Å². The Morgan fingerprint density at radius 1 is 1.06 bits per heavy atom. The van der Waals surface area contributed by atoms with E-state index in [9.17, 15) is 21.6 Å². The Morgan fingerprint density at radius 2 is 1.78 bits per heavy atom. The van der Waals surface area contributed by atoms with Gasteiger partial charge in [0.1, 0.15) is 5.75 Å². The Labute approximate surface area is 190 Å². The van der Waals surface area contributed by atoms with Gasteiger partial charge in [-0.3, -0.25) is 4.79 Å². The fourth-order valence-corrected chi connectivity index (χ4v) is 4.98. The fraction of sp³-hybridized carbons (Fsp3) is 0.409. The number of amides is 1. The van der Waals surface area contributed by atoms with Crippen LogP contribution in [-0.4, -0.2) is 60.6 Å². The molecule has 8 nitrogen and oxygen atoms in total. The monoisotopic (exact) mass is 482 g/mol. The molecule has 0 spiro atoms. The molecular formula is C22H30N2O6S2. The summed E-state index contributed by atoms with van der Waals surface area (Å²) in [5, 5.41) is 0. The van der Waals surface area contributed by atoms with Crippen LogP contribution >= 0.6 is 0 Å². The summed E-state index contributed by atoms with van der Waals surface area (Å²) >= 11 is 0. The Kier molecular flexibility index (Phi) is 8.82. The third kappa shape index (κ3) is 7.61. The van der Waals surface area contributed by atoms with Gasteiger partial charge in [0.2, 0.25) is 15.9 Å². The van der Waals surface area contributed by atoms with E-state index < -0.39 is 19.9 Å². The van der Waals surface area contributed by atoms with E-state index in [0.717, 1.165) is 11.8 Å². The molecule has 0 aliphatic heterocycles. The first-order valence-corrected chi connectivity index (χ1v) is 13.5. The van der Waals surface area contributed by atoms with Gasteiger partial charge in [-0.15, -0.1) is 0 Å². The molecule has 2 rings (SSSR count). The van der Waals surface area contributed by atoms with Crippen LogP contribution in [0.4, 0.5) is 0 Å². The molecule has 0 saturated carbocycles. The third-order valence-electron chi connectivity index (χ3n) is 4.83. The number of sulfone groups is 1. The van der Waals surface area contributed by atoms with E-state index in [2.05, 4.69) is 4.72 Å². The van der Waals surface area contributed by atoms with Crippen LogP contribution in [0.25, 0.3) is 0 Å². The molecule has 0 aromatic heterocycles. The second-order valence-electron chi connectivity index (χ2n) is 7.68. The Morgan fingerprint density at radius 3 is 2.47 bits per heavy atom. The van der Waals surface area contributed by atoms with Crippen molar-refractivity contribution in [2.45, 2.75) is 36.5 Å². The number of ether oxygens (including phenoxy) is 1. The van der Waals surface area contributed by atoms with Crippen LogP contribution in [0.15, 0.2) is 52.3 Å². The van der Waals surface area contributed by atoms with Gasteiger partial charge in [-0.2, -0.15) is 0 Å². The second-order valence-corrected chi connectivity index (χ2v) is 11.4. The number of benzene rings is 2. The van der Waals surface area contributed by atoms with Crippen LogP contribution in [0.1, 0.15) is 24.0 Å². The molecule has 0 saturated heterocycles. The summed E-state index contributed by atoms with van der Waals surface area (Å²) in [5.74, 6) is 0.260. The van der Waals surface area contributed by atoms with Crippen molar-refractivity contribution in [3.63, 3.8) is 0 Å². The highest BCUT2D eigenvalue weighted by atomic mass is 32.2. The zero-order chi connectivity index (χ0) is 23.9. The van der Waals surface area contributed by atoms with Gasteiger partial charge < -0.3 is 9.64 Å². The molecule has 0 aliphatic rings. The highest BCUT2D eigenvalue weighted by molar-refractivity contribution is 7.90. The molecule has 2 aromatic carbocycles. The lowest BCUT2D eigenvalue weighted by Gasteiger charge is -2.18. The summed E-state index contributed by atoms with van der Waals surface area (Å²) in [6, 6.07) is 11.5. The Balaban J connectivity index is 1.76. The minimum Gasteiger partial charge on any atom is -0.493 e. The van der Waals surface area contributed by atoms with Crippen LogP contribution < -0.4 is 9.46 Å². The highest BCUT2D eigenvalue weighted by Crippen LogP contribution is 2.18. The van der Waals surface area contributed by atoms with Gasteiger partial charge in [0.25, 0.3) is 0 Å². The molecule has 0 radical (unpaired) electrons. The Bertz CT molecular complexity index is 1160. The van der Waals surface area contributed by atoms with Crippen LogP contribution in [-0.2, 0) is 24.7 Å². The average Bonchev–Trinajstić information content (AvgIpc) is 2.72. The van der Waals surface area contributed by atoms with Gasteiger partial charge in [-0.25, -0.2) is 21.6 Å². The van der Waals surface area contributed by atoms with Gasteiger partial charge >= 0.3 is 0 Å². The molecule has 0 aliphatic carbocycles. The van der Waals surface area contributed by atoms with Crippen LogP contribution in [0.3, 0.4) is 0 Å². The van der Waals surface area contributed by atoms with Crippen molar-refractivity contribution in [3.05, 3.63) is 53.6 Å². The van der Waals surface area contributed by atoms with E-state index in [1.54, 1.807) is 38.2 Å². The van der Waals surface area contributed by atoms with Crippen molar-refractivity contribution in [2.75, 3.05) is 33.0 Å². The summed E-state index contributed by atoms with van der Waals surface area (Å²) in [6.45, 7) is 4.29. The molecule has 1 amide bonds. The van der Waals surface area contributed by atoms with Crippen molar-refractivity contribution in [1.82, 2.24) is 9.62 Å². The smallest absolute Gasteiger partial charge is 0.240 e. The molecule has 2 aromatic rings. The molecule has 0 unspecified atom stereocenters. The normalized spacial score (nSPS) is 11.9. The molecule has 1 N–H and O–H groups in total. The lowest BCUT2D eigenvalue weighted by Crippen LogP contribution is -2.33. The summed E-state index contributed by atoms with van der Waals surface area (Å²) in [5.41, 5.74) is 1.49. The van der Waals surface area contributed by atoms with Gasteiger partial charge in [0.05, 0.1) is 16.4 Å². The summed E-state index contributed by atoms with van der Waals surface area (Å²) in [7, 11) is -5.34. The number of nitrogens with zero attached hydrogens (tertiary/aromatic N) is 1. The molecule has 176 valence electrons. The van der Waals surface area contributed by atoms with E-state index in [-0.39, 0.29) is 28.7 Å². The summed E-state index contributed by atoms with van der Waals surface area (Å²) in [6.07, 6.45) is 1.71. The molecule has 32 heavy (non-hydrogen) atoms. The number of sulfonamides is 1. The maximum absolute atomic E-state index is 12.5. The van der Waals surface area contributed by atoms with Crippen LogP contribution in [0, 0.1) is 13.8 Å². The minimum atomic E-state index is -3.68. The predicted molar refractivity (Wildman–Crippen MR) is 123 cm³/mol. The third-order valence-corrected chi connectivity index (χ3v) is 7.54. The molecule has 0 bridgehead atoms. The van der Waals surface area contributed by atoms with Gasteiger partial charge in [0.15, 0.2) is 9.84 Å². The van der Waals surface area contributed by atoms with Crippen LogP contribution in [0.5, 0.6) is 5.75 Å². The van der Waals surface area contributed by atoms with E-state index in [4.69, 9.17) is 4.74 Å². The quantitative estimate of drug-likeness (QED) is 0.492. The second kappa shape index (κ2) is 10.9. The molecular weight excluding hydrogens is 452 g/mol. The highest BCUT2D eigenvalue weighted by Gasteiger charge is 2.18. The van der Waals surface area contributed by atoms with E-state index in [1.165, 1.54) is 17.0 Å². The summed E-state index contributed by atoms with van der Waals surface area (Å²) in [4.78, 5) is 14.2. The number of carbonyl (C=O) groups is 1. The Hall–Kier alpha value is -2.43. The standard InChI is InChI=1S/C22H30N2O6S2/c1-17-9-10-18(2)21(15-17)32(28,29)23-12-11-22(25)24(3)13-6-14-30-19-7-5-8-20(16-19)31(4,26)27/h5,7-10,15-16,23H,6,11-14H2,1-4H3. The van der Waals surface area contributed by atoms with E-state index in [0.29, 0.717) is 30.9 Å². The molecule has 0 atom stereocenters. The first-order valence-electron chi connectivity index (χ1n) is 10.1. The molecule has 0 fully saturated rings. The minimum absolute atomic E-state index is 0.00761. The van der Waals surface area contributed by atoms with Gasteiger partial charge in [-0.05, 0) is 55.7 Å². The summed E-state index contributed by atoms with van der Waals surface area (Å²) < 4.78 is 56.3. The SMILES string of the molecule is Cc1ccc(C)c(S(=O)(=O)NCCC(=O)N(C)CCCOc2cccc(S(C)(=O)=O)c2)c1. The lowest BCUT2D eigenvalue weighted by atomic mass is 10.2. The molecule has 0 heterocycles. The van der Waals surface area contributed by atoms with Crippen molar-refractivity contribution in [1.29, 1.82) is 0 Å². The topological polar surface area (TPSA) is 110 Å². The lowest BCUT2D eigenvalue weighted by molar-refractivity contribution is -0.129. The average molecular weight is 483 g/mol. The number of hydrogen-bond acceptors (Lipinski definition) is 6. The largest absolute Gasteiger partial charge is 0.493 e. The van der Waals surface area contributed by atoms with E-state index >= 15 is 0 Å². The molecule has 10 heteroatoms.